The van der Waals surface area contributed by atoms with Gasteiger partial charge in [0.05, 0.1) is 25.9 Å². The molecular formula is C27H38N2O6. The van der Waals surface area contributed by atoms with E-state index in [1.807, 2.05) is 25.1 Å². The van der Waals surface area contributed by atoms with Gasteiger partial charge in [-0.15, -0.1) is 0 Å². The summed E-state index contributed by atoms with van der Waals surface area (Å²) in [5, 5.41) is 5.04. The summed E-state index contributed by atoms with van der Waals surface area (Å²) in [7, 11) is 1.40. The number of fused-ring (bicyclic) bond motifs is 1. The Kier molecular flexibility index (Phi) is 10.5. The fourth-order valence-corrected chi connectivity index (χ4v) is 3.76. The number of primary amides is 1. The van der Waals surface area contributed by atoms with Crippen molar-refractivity contribution in [1.82, 2.24) is 5.32 Å². The molecular weight excluding hydrogens is 448 g/mol. The Morgan fingerprint density at radius 1 is 1.09 bits per heavy atom. The molecule has 0 aromatic heterocycles. The second-order valence-electron chi connectivity index (χ2n) is 9.68. The molecule has 0 radical (unpaired) electrons. The predicted molar refractivity (Wildman–Crippen MR) is 135 cm³/mol. The van der Waals surface area contributed by atoms with Gasteiger partial charge in [-0.2, -0.15) is 0 Å². The van der Waals surface area contributed by atoms with E-state index in [0.29, 0.717) is 19.4 Å². The normalized spacial score (nSPS) is 13.2. The third-order valence-corrected chi connectivity index (χ3v) is 5.57. The Labute approximate surface area is 207 Å². The number of aryl methyl sites for hydroxylation is 1. The number of alkyl carbamates (subject to hydrolysis) is 1. The van der Waals surface area contributed by atoms with Crippen LogP contribution in [0.5, 0.6) is 0 Å². The van der Waals surface area contributed by atoms with Crippen molar-refractivity contribution in [2.24, 2.45) is 5.73 Å². The molecule has 0 spiro atoms. The molecule has 0 aliphatic heterocycles. The van der Waals surface area contributed by atoms with Gasteiger partial charge in [-0.25, -0.2) is 4.79 Å². The summed E-state index contributed by atoms with van der Waals surface area (Å²) in [5.74, 6) is -0.640. The molecule has 192 valence electrons. The molecule has 0 heterocycles. The Balaban J connectivity index is 2.03. The van der Waals surface area contributed by atoms with E-state index in [1.165, 1.54) is 12.7 Å². The van der Waals surface area contributed by atoms with Gasteiger partial charge in [0.25, 0.3) is 0 Å². The van der Waals surface area contributed by atoms with E-state index in [0.717, 1.165) is 29.2 Å². The van der Waals surface area contributed by atoms with Crippen LogP contribution in [0.2, 0.25) is 0 Å². The van der Waals surface area contributed by atoms with Gasteiger partial charge in [-0.3, -0.25) is 9.59 Å². The Morgan fingerprint density at radius 3 is 2.49 bits per heavy atom. The number of amides is 2. The highest BCUT2D eigenvalue weighted by Crippen LogP contribution is 2.23. The predicted octanol–water partition coefficient (Wildman–Crippen LogP) is 4.40. The second kappa shape index (κ2) is 13.1. The first kappa shape index (κ1) is 28.1. The smallest absolute Gasteiger partial charge is 0.407 e. The fraction of sp³-hybridized carbons (Fsp3) is 0.519. The summed E-state index contributed by atoms with van der Waals surface area (Å²) >= 11 is 0. The number of carbonyl (C=O) groups excluding carboxylic acids is 3. The summed E-state index contributed by atoms with van der Waals surface area (Å²) in [6.45, 7) is 7.55. The molecule has 3 N–H and O–H groups in total. The van der Waals surface area contributed by atoms with Crippen LogP contribution in [0.3, 0.4) is 0 Å². The summed E-state index contributed by atoms with van der Waals surface area (Å²) in [6, 6.07) is 11.8. The van der Waals surface area contributed by atoms with Crippen LogP contribution >= 0.6 is 0 Å². The van der Waals surface area contributed by atoms with Crippen LogP contribution in [-0.2, 0) is 36.8 Å². The van der Waals surface area contributed by atoms with Gasteiger partial charge in [-0.1, -0.05) is 30.3 Å². The molecule has 2 aromatic rings. The molecule has 35 heavy (non-hydrogen) atoms. The maximum atomic E-state index is 12.3. The molecule has 2 atom stereocenters. The third-order valence-electron chi connectivity index (χ3n) is 5.57. The fourth-order valence-electron chi connectivity index (χ4n) is 3.76. The van der Waals surface area contributed by atoms with Crippen LogP contribution in [0.25, 0.3) is 10.8 Å². The van der Waals surface area contributed by atoms with Crippen molar-refractivity contribution in [1.29, 1.82) is 0 Å². The van der Waals surface area contributed by atoms with E-state index < -0.39 is 23.6 Å². The largest absolute Gasteiger partial charge is 0.469 e. The zero-order valence-corrected chi connectivity index (χ0v) is 21.4. The van der Waals surface area contributed by atoms with Gasteiger partial charge in [0.1, 0.15) is 5.60 Å². The van der Waals surface area contributed by atoms with Crippen molar-refractivity contribution in [3.63, 3.8) is 0 Å². The van der Waals surface area contributed by atoms with E-state index in [4.69, 9.17) is 19.9 Å². The van der Waals surface area contributed by atoms with Gasteiger partial charge in [0, 0.05) is 12.8 Å². The molecule has 0 unspecified atom stereocenters. The van der Waals surface area contributed by atoms with E-state index in [1.54, 1.807) is 20.8 Å². The maximum Gasteiger partial charge on any atom is 0.407 e. The lowest BCUT2D eigenvalue weighted by Gasteiger charge is -2.27. The lowest BCUT2D eigenvalue weighted by molar-refractivity contribution is -0.140. The van der Waals surface area contributed by atoms with E-state index in [2.05, 4.69) is 23.5 Å². The highest BCUT2D eigenvalue weighted by Gasteiger charge is 2.24. The van der Waals surface area contributed by atoms with Gasteiger partial charge in [-0.05, 0) is 74.9 Å². The van der Waals surface area contributed by atoms with Crippen LogP contribution in [0.1, 0.15) is 64.5 Å². The number of methoxy groups -OCH3 is 1. The molecule has 0 aliphatic rings. The minimum absolute atomic E-state index is 0.128. The average Bonchev–Trinajstić information content (AvgIpc) is 2.78. The number of ether oxygens (including phenoxy) is 3. The standard InChI is InChI=1S/C27H38N2O6/c1-18(23(14-15-24(28)30)29-26(32)35-27(2,3)4)34-17-19-12-13-22-20(8-6-10-21(22)16-19)9-7-11-25(31)33-5/h6,8,10,12-13,16,18,23H,7,9,11,14-15,17H2,1-5H3,(H2,28,30)(H,29,32)/t18-,23+/m1/s1. The SMILES string of the molecule is COC(=O)CCCc1cccc2cc(CO[C@H](C)[C@H](CCC(N)=O)NC(=O)OC(C)(C)C)ccc12. The molecule has 0 aliphatic carbocycles. The Hall–Kier alpha value is -3.13. The summed E-state index contributed by atoms with van der Waals surface area (Å²) in [5.41, 5.74) is 6.84. The van der Waals surface area contributed by atoms with Crippen LogP contribution in [0, 0.1) is 0 Å². The van der Waals surface area contributed by atoms with Crippen molar-refractivity contribution in [3.05, 3.63) is 47.5 Å². The van der Waals surface area contributed by atoms with E-state index >= 15 is 0 Å². The number of rotatable bonds is 12. The van der Waals surface area contributed by atoms with Crippen LogP contribution in [0.4, 0.5) is 4.79 Å². The highest BCUT2D eigenvalue weighted by atomic mass is 16.6. The van der Waals surface area contributed by atoms with Gasteiger partial charge in [0.15, 0.2) is 0 Å². The van der Waals surface area contributed by atoms with Crippen molar-refractivity contribution in [2.45, 2.75) is 84.2 Å². The number of hydrogen-bond donors (Lipinski definition) is 2. The first-order valence-corrected chi connectivity index (χ1v) is 11.9. The zero-order chi connectivity index (χ0) is 26.0. The van der Waals surface area contributed by atoms with Gasteiger partial charge >= 0.3 is 12.1 Å². The molecule has 0 saturated heterocycles. The zero-order valence-electron chi connectivity index (χ0n) is 21.4. The van der Waals surface area contributed by atoms with Crippen molar-refractivity contribution < 1.29 is 28.6 Å². The third kappa shape index (κ3) is 9.94. The number of nitrogens with two attached hydrogens (primary N) is 1. The molecule has 0 saturated carbocycles. The number of carbonyl (C=O) groups is 3. The molecule has 2 amide bonds. The van der Waals surface area contributed by atoms with Gasteiger partial charge < -0.3 is 25.3 Å². The number of nitrogens with one attached hydrogen (secondary N) is 1. The molecule has 2 aromatic carbocycles. The quantitative estimate of drug-likeness (QED) is 0.430. The number of hydrogen-bond acceptors (Lipinski definition) is 6. The summed E-state index contributed by atoms with van der Waals surface area (Å²) in [4.78, 5) is 35.0. The monoisotopic (exact) mass is 486 g/mol. The first-order valence-electron chi connectivity index (χ1n) is 11.9. The minimum atomic E-state index is -0.633. The number of benzene rings is 2. The second-order valence-corrected chi connectivity index (χ2v) is 9.68. The molecule has 0 fully saturated rings. The summed E-state index contributed by atoms with van der Waals surface area (Å²) in [6.07, 6.45) is 1.45. The Morgan fingerprint density at radius 2 is 1.83 bits per heavy atom. The molecule has 8 heteroatoms. The topological polar surface area (TPSA) is 117 Å². The molecule has 8 nitrogen and oxygen atoms in total. The maximum absolute atomic E-state index is 12.3. The molecule has 2 rings (SSSR count). The van der Waals surface area contributed by atoms with E-state index in [-0.39, 0.29) is 18.5 Å². The lowest BCUT2D eigenvalue weighted by atomic mass is 9.98. The lowest BCUT2D eigenvalue weighted by Crippen LogP contribution is -2.45. The minimum Gasteiger partial charge on any atom is -0.469 e. The van der Waals surface area contributed by atoms with Gasteiger partial charge in [0.2, 0.25) is 5.91 Å². The van der Waals surface area contributed by atoms with Crippen molar-refractivity contribution in [2.75, 3.05) is 7.11 Å². The van der Waals surface area contributed by atoms with Crippen molar-refractivity contribution in [3.8, 4) is 0 Å². The number of esters is 1. The molecule has 0 bridgehead atoms. The Bertz CT molecular complexity index is 1010. The summed E-state index contributed by atoms with van der Waals surface area (Å²) < 4.78 is 16.1. The average molecular weight is 487 g/mol. The van der Waals surface area contributed by atoms with E-state index in [9.17, 15) is 14.4 Å². The van der Waals surface area contributed by atoms with Crippen molar-refractivity contribution >= 4 is 28.7 Å². The van der Waals surface area contributed by atoms with Crippen LogP contribution in [-0.4, -0.2) is 42.8 Å². The highest BCUT2D eigenvalue weighted by molar-refractivity contribution is 5.86. The first-order chi connectivity index (χ1) is 16.5. The van der Waals surface area contributed by atoms with Crippen LogP contribution in [0.15, 0.2) is 36.4 Å². The van der Waals surface area contributed by atoms with Crippen LogP contribution < -0.4 is 11.1 Å².